The highest BCUT2D eigenvalue weighted by Crippen LogP contribution is 2.73. The van der Waals surface area contributed by atoms with Crippen LogP contribution in [0.3, 0.4) is 0 Å². The van der Waals surface area contributed by atoms with Crippen molar-refractivity contribution in [2.24, 2.45) is 29.6 Å². The Morgan fingerprint density at radius 2 is 2.00 bits per heavy atom. The molecule has 3 aliphatic rings. The molecular weight excluding hydrogens is 336 g/mol. The summed E-state index contributed by atoms with van der Waals surface area (Å²) >= 11 is 10.5. The van der Waals surface area contributed by atoms with Crippen molar-refractivity contribution in [3.63, 3.8) is 0 Å². The molecule has 3 saturated carbocycles. The lowest BCUT2D eigenvalue weighted by molar-refractivity contribution is 0.340. The maximum absolute atomic E-state index is 6.83. The Kier molecular flexibility index (Phi) is 3.30. The summed E-state index contributed by atoms with van der Waals surface area (Å²) in [5.41, 5.74) is 1.24. The predicted octanol–water partition coefficient (Wildman–Crippen LogP) is 5.42. The fourth-order valence-electron chi connectivity index (χ4n) is 4.98. The number of alkyl halides is 1. The van der Waals surface area contributed by atoms with E-state index < -0.39 is 0 Å². The standard InChI is InChI=1S/C17H20BrClO/c1-2-20-11-5-6-12(13(18)8-11)17(19)16-14-9-3-4-10(7-9)15(14)16/h5-6,8-10,14-17H,2-4,7H2,1H3. The van der Waals surface area contributed by atoms with E-state index in [1.165, 1.54) is 24.8 Å². The molecule has 3 heteroatoms. The first-order chi connectivity index (χ1) is 9.70. The van der Waals surface area contributed by atoms with E-state index in [2.05, 4.69) is 28.1 Å². The number of hydrogen-bond donors (Lipinski definition) is 0. The maximum atomic E-state index is 6.83. The van der Waals surface area contributed by atoms with Crippen molar-refractivity contribution in [1.82, 2.24) is 0 Å². The van der Waals surface area contributed by atoms with Crippen LogP contribution in [0.25, 0.3) is 0 Å². The lowest BCUT2D eigenvalue weighted by Crippen LogP contribution is -2.05. The molecule has 5 atom stereocenters. The highest BCUT2D eigenvalue weighted by Gasteiger charge is 2.66. The summed E-state index contributed by atoms with van der Waals surface area (Å²) in [6.45, 7) is 2.71. The minimum atomic E-state index is 0.165. The zero-order valence-electron chi connectivity index (χ0n) is 11.7. The van der Waals surface area contributed by atoms with Gasteiger partial charge < -0.3 is 4.74 Å². The molecule has 0 saturated heterocycles. The predicted molar refractivity (Wildman–Crippen MR) is 85.2 cm³/mol. The lowest BCUT2D eigenvalue weighted by atomic mass is 9.97. The van der Waals surface area contributed by atoms with Crippen molar-refractivity contribution >= 4 is 27.5 Å². The van der Waals surface area contributed by atoms with Gasteiger partial charge >= 0.3 is 0 Å². The summed E-state index contributed by atoms with van der Waals surface area (Å²) in [6, 6.07) is 6.25. The van der Waals surface area contributed by atoms with Crippen LogP contribution >= 0.6 is 27.5 Å². The molecule has 0 aliphatic heterocycles. The summed E-state index contributed by atoms with van der Waals surface area (Å²) < 4.78 is 6.64. The van der Waals surface area contributed by atoms with E-state index in [4.69, 9.17) is 16.3 Å². The molecule has 20 heavy (non-hydrogen) atoms. The van der Waals surface area contributed by atoms with Gasteiger partial charge in [-0.05, 0) is 73.5 Å². The van der Waals surface area contributed by atoms with Gasteiger partial charge in [0.25, 0.3) is 0 Å². The fraction of sp³-hybridized carbons (Fsp3) is 0.647. The Morgan fingerprint density at radius 1 is 1.30 bits per heavy atom. The Hall–Kier alpha value is -0.210. The molecule has 5 unspecified atom stereocenters. The quantitative estimate of drug-likeness (QED) is 0.655. The third kappa shape index (κ3) is 1.94. The van der Waals surface area contributed by atoms with Crippen LogP contribution in [0.4, 0.5) is 0 Å². The van der Waals surface area contributed by atoms with Crippen molar-refractivity contribution in [2.75, 3.05) is 6.61 Å². The molecular formula is C17H20BrClO. The molecule has 2 bridgehead atoms. The first kappa shape index (κ1) is 13.5. The summed E-state index contributed by atoms with van der Waals surface area (Å²) in [4.78, 5) is 0. The van der Waals surface area contributed by atoms with E-state index in [1.54, 1.807) is 0 Å². The van der Waals surface area contributed by atoms with Gasteiger partial charge in [-0.2, -0.15) is 0 Å². The van der Waals surface area contributed by atoms with E-state index in [0.29, 0.717) is 6.61 Å². The molecule has 3 fully saturated rings. The molecule has 0 radical (unpaired) electrons. The van der Waals surface area contributed by atoms with Crippen molar-refractivity contribution in [3.8, 4) is 5.75 Å². The average Bonchev–Trinajstić information content (AvgIpc) is 2.87. The first-order valence-electron chi connectivity index (χ1n) is 7.77. The highest BCUT2D eigenvalue weighted by molar-refractivity contribution is 9.10. The van der Waals surface area contributed by atoms with Crippen LogP contribution in [0.2, 0.25) is 0 Å². The van der Waals surface area contributed by atoms with Crippen LogP contribution in [0.5, 0.6) is 5.75 Å². The number of fused-ring (bicyclic) bond motifs is 5. The second-order valence-corrected chi connectivity index (χ2v) is 7.91. The number of halogens is 2. The SMILES string of the molecule is CCOc1ccc(C(Cl)C2C3C4CCC(C4)C32)c(Br)c1. The van der Waals surface area contributed by atoms with Gasteiger partial charge in [-0.15, -0.1) is 11.6 Å². The smallest absolute Gasteiger partial charge is 0.120 e. The van der Waals surface area contributed by atoms with Gasteiger partial charge in [0, 0.05) is 4.47 Å². The van der Waals surface area contributed by atoms with E-state index in [9.17, 15) is 0 Å². The third-order valence-electron chi connectivity index (χ3n) is 5.71. The molecule has 0 heterocycles. The van der Waals surface area contributed by atoms with Gasteiger partial charge in [-0.1, -0.05) is 22.0 Å². The Balaban J connectivity index is 1.53. The number of benzene rings is 1. The van der Waals surface area contributed by atoms with Crippen molar-refractivity contribution < 1.29 is 4.74 Å². The van der Waals surface area contributed by atoms with Gasteiger partial charge in [0.2, 0.25) is 0 Å². The van der Waals surface area contributed by atoms with E-state index in [-0.39, 0.29) is 5.38 Å². The average molecular weight is 356 g/mol. The molecule has 108 valence electrons. The topological polar surface area (TPSA) is 9.23 Å². The monoisotopic (exact) mass is 354 g/mol. The summed E-state index contributed by atoms with van der Waals surface area (Å²) in [6.07, 6.45) is 4.40. The van der Waals surface area contributed by atoms with Gasteiger partial charge in [-0.3, -0.25) is 0 Å². The van der Waals surface area contributed by atoms with Gasteiger partial charge in [0.05, 0.1) is 12.0 Å². The van der Waals surface area contributed by atoms with Gasteiger partial charge in [-0.25, -0.2) is 0 Å². The van der Waals surface area contributed by atoms with Gasteiger partial charge in [0.1, 0.15) is 5.75 Å². The zero-order chi connectivity index (χ0) is 13.9. The number of rotatable bonds is 4. The van der Waals surface area contributed by atoms with Crippen molar-refractivity contribution in [1.29, 1.82) is 0 Å². The largest absolute Gasteiger partial charge is 0.494 e. The normalized spacial score (nSPS) is 38.6. The minimum Gasteiger partial charge on any atom is -0.494 e. The Bertz CT molecular complexity index is 516. The second kappa shape index (κ2) is 4.91. The molecule has 0 amide bonds. The van der Waals surface area contributed by atoms with E-state index in [0.717, 1.165) is 39.8 Å². The van der Waals surface area contributed by atoms with Gasteiger partial charge in [0.15, 0.2) is 0 Å². The molecule has 3 aliphatic carbocycles. The molecule has 0 spiro atoms. The first-order valence-corrected chi connectivity index (χ1v) is 9.00. The summed E-state index contributed by atoms with van der Waals surface area (Å²) in [5.74, 6) is 5.46. The molecule has 1 nitrogen and oxygen atoms in total. The minimum absolute atomic E-state index is 0.165. The number of ether oxygens (including phenoxy) is 1. The van der Waals surface area contributed by atoms with Crippen LogP contribution in [-0.4, -0.2) is 6.61 Å². The fourth-order valence-corrected chi connectivity index (χ4v) is 6.24. The molecule has 4 rings (SSSR count). The van der Waals surface area contributed by atoms with Crippen molar-refractivity contribution in [3.05, 3.63) is 28.2 Å². The Labute approximate surface area is 134 Å². The van der Waals surface area contributed by atoms with Crippen LogP contribution in [0.15, 0.2) is 22.7 Å². The molecule has 0 aromatic heterocycles. The molecule has 1 aromatic rings. The summed E-state index contributed by atoms with van der Waals surface area (Å²) in [5, 5.41) is 0.165. The summed E-state index contributed by atoms with van der Waals surface area (Å²) in [7, 11) is 0. The zero-order valence-corrected chi connectivity index (χ0v) is 14.0. The molecule has 1 aromatic carbocycles. The van der Waals surface area contributed by atoms with E-state index in [1.807, 2.05) is 13.0 Å². The van der Waals surface area contributed by atoms with E-state index >= 15 is 0 Å². The van der Waals surface area contributed by atoms with Crippen LogP contribution in [-0.2, 0) is 0 Å². The number of hydrogen-bond acceptors (Lipinski definition) is 1. The highest BCUT2D eigenvalue weighted by atomic mass is 79.9. The maximum Gasteiger partial charge on any atom is 0.120 e. The Morgan fingerprint density at radius 3 is 2.60 bits per heavy atom. The third-order valence-corrected chi connectivity index (χ3v) is 6.93. The van der Waals surface area contributed by atoms with Crippen LogP contribution < -0.4 is 4.74 Å². The van der Waals surface area contributed by atoms with Crippen LogP contribution in [0, 0.1) is 29.6 Å². The second-order valence-electron chi connectivity index (χ2n) is 6.58. The molecule has 0 N–H and O–H groups in total. The lowest BCUT2D eigenvalue weighted by Gasteiger charge is -2.17. The van der Waals surface area contributed by atoms with Crippen molar-refractivity contribution in [2.45, 2.75) is 31.6 Å². The van der Waals surface area contributed by atoms with Crippen LogP contribution in [0.1, 0.15) is 37.1 Å².